The van der Waals surface area contributed by atoms with Gasteiger partial charge < -0.3 is 10.6 Å². The number of nitrogen functional groups attached to an aromatic ring is 1. The molecule has 0 bridgehead atoms. The first kappa shape index (κ1) is 13.2. The zero-order valence-electron chi connectivity index (χ0n) is 10.9. The molecule has 0 spiro atoms. The van der Waals surface area contributed by atoms with Crippen LogP contribution in [-0.4, -0.2) is 18.4 Å². The predicted octanol–water partition coefficient (Wildman–Crippen LogP) is 3.25. The van der Waals surface area contributed by atoms with Crippen molar-refractivity contribution in [3.63, 3.8) is 0 Å². The highest BCUT2D eigenvalue weighted by Gasteiger charge is 2.25. The zero-order valence-corrected chi connectivity index (χ0v) is 11.7. The van der Waals surface area contributed by atoms with Crippen molar-refractivity contribution in [2.75, 3.05) is 11.4 Å². The first-order valence-corrected chi connectivity index (χ1v) is 6.77. The average Bonchev–Trinajstić information content (AvgIpc) is 2.32. The van der Waals surface area contributed by atoms with E-state index in [1.165, 1.54) is 12.8 Å². The second-order valence-corrected chi connectivity index (χ2v) is 5.70. The molecule has 0 saturated carbocycles. The molecule has 0 aromatic heterocycles. The molecule has 18 heavy (non-hydrogen) atoms. The van der Waals surface area contributed by atoms with Crippen LogP contribution >= 0.6 is 11.6 Å². The van der Waals surface area contributed by atoms with Gasteiger partial charge in [-0.05, 0) is 43.9 Å². The van der Waals surface area contributed by atoms with E-state index in [1.807, 2.05) is 12.1 Å². The fraction of sp³-hybridized carbons (Fsp3) is 0.500. The minimum absolute atomic E-state index is 0.0814. The van der Waals surface area contributed by atoms with Gasteiger partial charge in [0.25, 0.3) is 0 Å². The summed E-state index contributed by atoms with van der Waals surface area (Å²) < 4.78 is 0. The Hall–Kier alpha value is -1.22. The van der Waals surface area contributed by atoms with E-state index in [0.717, 1.165) is 17.8 Å². The summed E-state index contributed by atoms with van der Waals surface area (Å²) in [6.45, 7) is 5.51. The third-order valence-corrected chi connectivity index (χ3v) is 3.91. The van der Waals surface area contributed by atoms with Gasteiger partial charge in [-0.1, -0.05) is 18.5 Å². The van der Waals surface area contributed by atoms with Crippen LogP contribution in [0.1, 0.15) is 32.3 Å². The van der Waals surface area contributed by atoms with Crippen LogP contribution in [0.5, 0.6) is 0 Å². The smallest absolute Gasteiger partial charge is 0.124 e. The number of piperidine rings is 1. The van der Waals surface area contributed by atoms with Gasteiger partial charge >= 0.3 is 0 Å². The number of nitrogens with two attached hydrogens (primary N) is 1. The molecule has 0 amide bonds. The largest absolute Gasteiger partial charge is 0.384 e. The molecule has 3 nitrogen and oxygen atoms in total. The summed E-state index contributed by atoms with van der Waals surface area (Å²) in [7, 11) is 0. The molecule has 4 heteroatoms. The summed E-state index contributed by atoms with van der Waals surface area (Å²) in [6.07, 6.45) is 2.45. The Labute approximate surface area is 113 Å². The van der Waals surface area contributed by atoms with Gasteiger partial charge in [-0.3, -0.25) is 5.41 Å². The third-order valence-electron chi connectivity index (χ3n) is 3.68. The van der Waals surface area contributed by atoms with Crippen LogP contribution < -0.4 is 10.6 Å². The first-order valence-electron chi connectivity index (χ1n) is 6.39. The maximum atomic E-state index is 7.70. The van der Waals surface area contributed by atoms with Gasteiger partial charge in [-0.2, -0.15) is 0 Å². The number of benzene rings is 1. The topological polar surface area (TPSA) is 53.1 Å². The van der Waals surface area contributed by atoms with E-state index < -0.39 is 0 Å². The van der Waals surface area contributed by atoms with Gasteiger partial charge in [0.15, 0.2) is 0 Å². The van der Waals surface area contributed by atoms with Crippen LogP contribution in [-0.2, 0) is 0 Å². The molecule has 98 valence electrons. The Morgan fingerprint density at radius 2 is 2.11 bits per heavy atom. The second kappa shape index (κ2) is 5.19. The number of nitrogens with zero attached hydrogens (tertiary/aromatic N) is 1. The Kier molecular flexibility index (Phi) is 3.81. The highest BCUT2D eigenvalue weighted by Crippen LogP contribution is 2.31. The highest BCUT2D eigenvalue weighted by atomic mass is 35.5. The number of nitrogens with one attached hydrogen (secondary N) is 1. The standard InChI is InChI=1S/C14H20ClN3/c1-9-3-4-10(2)18(8-9)13-6-5-11(15)7-12(13)14(16)17/h5-7,9-10H,3-4,8H2,1-2H3,(H3,16,17). The minimum atomic E-state index is 0.0814. The van der Waals surface area contributed by atoms with Crippen molar-refractivity contribution in [2.24, 2.45) is 11.7 Å². The quantitative estimate of drug-likeness (QED) is 0.637. The SMILES string of the molecule is CC1CCC(C)N(c2ccc(Cl)cc2C(=N)N)C1. The molecule has 1 fully saturated rings. The van der Waals surface area contributed by atoms with Crippen molar-refractivity contribution in [2.45, 2.75) is 32.7 Å². The Morgan fingerprint density at radius 3 is 2.78 bits per heavy atom. The van der Waals surface area contributed by atoms with Crippen molar-refractivity contribution in [3.05, 3.63) is 28.8 Å². The number of hydrogen-bond acceptors (Lipinski definition) is 2. The number of hydrogen-bond donors (Lipinski definition) is 2. The fourth-order valence-corrected chi connectivity index (χ4v) is 2.77. The molecule has 1 aliphatic rings. The maximum Gasteiger partial charge on any atom is 0.124 e. The number of rotatable bonds is 2. The van der Waals surface area contributed by atoms with Crippen LogP contribution in [0.3, 0.4) is 0 Å². The van der Waals surface area contributed by atoms with Crippen molar-refractivity contribution < 1.29 is 0 Å². The Bertz CT molecular complexity index is 458. The second-order valence-electron chi connectivity index (χ2n) is 5.26. The summed E-state index contributed by atoms with van der Waals surface area (Å²) in [4.78, 5) is 2.35. The average molecular weight is 266 g/mol. The molecular formula is C14H20ClN3. The van der Waals surface area contributed by atoms with Crippen LogP contribution in [0.15, 0.2) is 18.2 Å². The van der Waals surface area contributed by atoms with Gasteiger partial charge in [0.05, 0.1) is 0 Å². The van der Waals surface area contributed by atoms with Crippen LogP contribution in [0, 0.1) is 11.3 Å². The zero-order chi connectivity index (χ0) is 13.3. The molecule has 0 aliphatic carbocycles. The lowest BCUT2D eigenvalue weighted by atomic mass is 9.93. The van der Waals surface area contributed by atoms with Crippen molar-refractivity contribution in [1.82, 2.24) is 0 Å². The van der Waals surface area contributed by atoms with E-state index in [1.54, 1.807) is 6.07 Å². The lowest BCUT2D eigenvalue weighted by molar-refractivity contribution is 0.390. The van der Waals surface area contributed by atoms with Gasteiger partial charge in [-0.25, -0.2) is 0 Å². The lowest BCUT2D eigenvalue weighted by Gasteiger charge is -2.39. The van der Waals surface area contributed by atoms with Crippen LogP contribution in [0.4, 0.5) is 5.69 Å². The molecule has 1 aromatic carbocycles. The number of halogens is 1. The molecule has 1 aliphatic heterocycles. The molecule has 1 saturated heterocycles. The van der Waals surface area contributed by atoms with Crippen molar-refractivity contribution in [3.8, 4) is 0 Å². The summed E-state index contributed by atoms with van der Waals surface area (Å²) in [5.74, 6) is 0.759. The van der Waals surface area contributed by atoms with E-state index in [-0.39, 0.29) is 5.84 Å². The Morgan fingerprint density at radius 1 is 1.39 bits per heavy atom. The van der Waals surface area contributed by atoms with Gasteiger partial charge in [0.1, 0.15) is 5.84 Å². The van der Waals surface area contributed by atoms with Gasteiger partial charge in [0, 0.05) is 28.9 Å². The monoisotopic (exact) mass is 265 g/mol. The lowest BCUT2D eigenvalue weighted by Crippen LogP contribution is -2.42. The molecule has 2 rings (SSSR count). The fourth-order valence-electron chi connectivity index (χ4n) is 2.60. The molecule has 1 aromatic rings. The summed E-state index contributed by atoms with van der Waals surface area (Å²) in [5, 5.41) is 8.33. The van der Waals surface area contributed by atoms with Crippen molar-refractivity contribution in [1.29, 1.82) is 5.41 Å². The van der Waals surface area contributed by atoms with Crippen LogP contribution in [0.25, 0.3) is 0 Å². The minimum Gasteiger partial charge on any atom is -0.384 e. The normalized spacial score (nSPS) is 24.1. The summed E-state index contributed by atoms with van der Waals surface area (Å²) in [5.41, 5.74) is 7.44. The predicted molar refractivity (Wildman–Crippen MR) is 77.7 cm³/mol. The molecule has 3 N–H and O–H groups in total. The number of amidine groups is 1. The highest BCUT2D eigenvalue weighted by molar-refractivity contribution is 6.31. The third kappa shape index (κ3) is 2.61. The first-order chi connectivity index (χ1) is 8.49. The van der Waals surface area contributed by atoms with E-state index in [0.29, 0.717) is 17.0 Å². The van der Waals surface area contributed by atoms with E-state index >= 15 is 0 Å². The molecule has 2 atom stereocenters. The Balaban J connectivity index is 2.40. The van der Waals surface area contributed by atoms with E-state index in [2.05, 4.69) is 18.7 Å². The summed E-state index contributed by atoms with van der Waals surface area (Å²) >= 11 is 5.99. The summed E-state index contributed by atoms with van der Waals surface area (Å²) in [6, 6.07) is 6.12. The molecule has 0 radical (unpaired) electrons. The van der Waals surface area contributed by atoms with E-state index in [9.17, 15) is 0 Å². The molecule has 1 heterocycles. The van der Waals surface area contributed by atoms with Gasteiger partial charge in [-0.15, -0.1) is 0 Å². The van der Waals surface area contributed by atoms with Crippen molar-refractivity contribution >= 4 is 23.1 Å². The molecular weight excluding hydrogens is 246 g/mol. The number of anilines is 1. The van der Waals surface area contributed by atoms with E-state index in [4.69, 9.17) is 22.7 Å². The molecule has 2 unspecified atom stereocenters. The van der Waals surface area contributed by atoms with Gasteiger partial charge in [0.2, 0.25) is 0 Å². The van der Waals surface area contributed by atoms with Crippen LogP contribution in [0.2, 0.25) is 5.02 Å². The maximum absolute atomic E-state index is 7.70.